The number of hydrogen-bond acceptors (Lipinski definition) is 3. The van der Waals surface area contributed by atoms with E-state index in [2.05, 4.69) is 5.32 Å². The number of hydrogen-bond donors (Lipinski definition) is 3. The van der Waals surface area contributed by atoms with Crippen LogP contribution in [0.25, 0.3) is 0 Å². The van der Waals surface area contributed by atoms with Crippen molar-refractivity contribution >= 4 is 36.4 Å². The predicted octanol–water partition coefficient (Wildman–Crippen LogP) is 1.45. The van der Waals surface area contributed by atoms with E-state index in [4.69, 9.17) is 11.5 Å². The third kappa shape index (κ3) is 5.32. The Balaban J connectivity index is 0. The zero-order valence-corrected chi connectivity index (χ0v) is 10.6. The van der Waals surface area contributed by atoms with E-state index >= 15 is 0 Å². The number of amides is 1. The minimum atomic E-state index is -0.138. The van der Waals surface area contributed by atoms with E-state index in [-0.39, 0.29) is 36.8 Å². The van der Waals surface area contributed by atoms with Gasteiger partial charge >= 0.3 is 0 Å². The van der Waals surface area contributed by atoms with Crippen LogP contribution in [0.3, 0.4) is 0 Å². The molecule has 0 saturated carbocycles. The summed E-state index contributed by atoms with van der Waals surface area (Å²) in [6.07, 6.45) is 0. The Labute approximate surface area is 108 Å². The Morgan fingerprint density at radius 3 is 2.19 bits per heavy atom. The topological polar surface area (TPSA) is 81.1 Å². The highest BCUT2D eigenvalue weighted by atomic mass is 35.5. The van der Waals surface area contributed by atoms with Gasteiger partial charge in [0.15, 0.2) is 0 Å². The number of halogens is 2. The number of rotatable bonds is 3. The summed E-state index contributed by atoms with van der Waals surface area (Å²) in [6.45, 7) is 1.89. The van der Waals surface area contributed by atoms with Crippen molar-refractivity contribution in [3.8, 4) is 0 Å². The summed E-state index contributed by atoms with van der Waals surface area (Å²) in [5.41, 5.74) is 12.9. The third-order valence-electron chi connectivity index (χ3n) is 1.91. The number of nitrogens with two attached hydrogens (primary N) is 2. The van der Waals surface area contributed by atoms with Crippen LogP contribution >= 0.6 is 24.8 Å². The Kier molecular flexibility index (Phi) is 9.18. The Morgan fingerprint density at radius 1 is 1.31 bits per heavy atom. The normalized spacial score (nSPS) is 10.7. The molecule has 0 radical (unpaired) electrons. The van der Waals surface area contributed by atoms with Crippen molar-refractivity contribution in [2.75, 3.05) is 11.9 Å². The summed E-state index contributed by atoms with van der Waals surface area (Å²) in [4.78, 5) is 10.7. The van der Waals surface area contributed by atoms with Crippen LogP contribution in [0.4, 0.5) is 5.69 Å². The first-order valence-electron chi connectivity index (χ1n) is 4.46. The zero-order valence-electron chi connectivity index (χ0n) is 8.97. The molecule has 4 nitrogen and oxygen atoms in total. The lowest BCUT2D eigenvalue weighted by molar-refractivity contribution is -0.114. The lowest BCUT2D eigenvalue weighted by Gasteiger charge is -2.09. The summed E-state index contributed by atoms with van der Waals surface area (Å²) < 4.78 is 0. The smallest absolute Gasteiger partial charge is 0.221 e. The second kappa shape index (κ2) is 8.35. The van der Waals surface area contributed by atoms with Crippen LogP contribution in [-0.2, 0) is 4.79 Å². The molecule has 1 atom stereocenters. The Hall–Kier alpha value is -0.810. The molecule has 0 aromatic heterocycles. The van der Waals surface area contributed by atoms with Gasteiger partial charge in [-0.2, -0.15) is 0 Å². The highest BCUT2D eigenvalue weighted by Gasteiger charge is 2.02. The van der Waals surface area contributed by atoms with Gasteiger partial charge in [0.2, 0.25) is 5.91 Å². The number of benzene rings is 1. The molecule has 1 unspecified atom stereocenters. The fourth-order valence-electron chi connectivity index (χ4n) is 1.15. The fourth-order valence-corrected chi connectivity index (χ4v) is 1.15. The van der Waals surface area contributed by atoms with Crippen LogP contribution in [0.5, 0.6) is 0 Å². The molecule has 1 aromatic rings. The second-order valence-corrected chi connectivity index (χ2v) is 3.15. The molecular weight excluding hydrogens is 249 g/mol. The maximum absolute atomic E-state index is 10.7. The Morgan fingerprint density at radius 2 is 1.81 bits per heavy atom. The highest BCUT2D eigenvalue weighted by Crippen LogP contribution is 2.13. The quantitative estimate of drug-likeness (QED) is 0.774. The number of nitrogens with one attached hydrogen (secondary N) is 1. The Bertz CT molecular complexity index is 316. The SMILES string of the molecule is CC(=O)Nc1ccc(C(N)CN)cc1.Cl.Cl. The number of anilines is 1. The number of carbonyl (C=O) groups excluding carboxylic acids is 1. The van der Waals surface area contributed by atoms with Gasteiger partial charge in [-0.25, -0.2) is 0 Å². The molecular formula is C10H17Cl2N3O. The molecule has 0 heterocycles. The van der Waals surface area contributed by atoms with Crippen LogP contribution < -0.4 is 16.8 Å². The molecule has 1 rings (SSSR count). The molecule has 6 heteroatoms. The molecule has 5 N–H and O–H groups in total. The fraction of sp³-hybridized carbons (Fsp3) is 0.300. The van der Waals surface area contributed by atoms with Gasteiger partial charge < -0.3 is 16.8 Å². The standard InChI is InChI=1S/C10H15N3O.2ClH/c1-7(14)13-9-4-2-8(3-5-9)10(12)6-11;;/h2-5,10H,6,11-12H2,1H3,(H,13,14);2*1H. The lowest BCUT2D eigenvalue weighted by Crippen LogP contribution is -2.20. The van der Waals surface area contributed by atoms with Crippen molar-refractivity contribution in [1.82, 2.24) is 0 Å². The maximum atomic E-state index is 10.7. The van der Waals surface area contributed by atoms with Crippen molar-refractivity contribution in [2.45, 2.75) is 13.0 Å². The average molecular weight is 266 g/mol. The first kappa shape index (κ1) is 17.6. The van der Waals surface area contributed by atoms with Crippen molar-refractivity contribution in [3.63, 3.8) is 0 Å². The monoisotopic (exact) mass is 265 g/mol. The highest BCUT2D eigenvalue weighted by molar-refractivity contribution is 5.88. The first-order chi connectivity index (χ1) is 6.63. The summed E-state index contributed by atoms with van der Waals surface area (Å²) in [5, 5.41) is 2.68. The summed E-state index contributed by atoms with van der Waals surface area (Å²) >= 11 is 0. The number of carbonyl (C=O) groups is 1. The van der Waals surface area contributed by atoms with Gasteiger partial charge in [-0.05, 0) is 17.7 Å². The largest absolute Gasteiger partial charge is 0.329 e. The molecule has 0 saturated heterocycles. The summed E-state index contributed by atoms with van der Waals surface area (Å²) in [7, 11) is 0. The van der Waals surface area contributed by atoms with Gasteiger partial charge in [-0.1, -0.05) is 12.1 Å². The second-order valence-electron chi connectivity index (χ2n) is 3.15. The van der Waals surface area contributed by atoms with Crippen LogP contribution in [0.1, 0.15) is 18.5 Å². The summed E-state index contributed by atoms with van der Waals surface area (Å²) in [6, 6.07) is 7.21. The van der Waals surface area contributed by atoms with Gasteiger partial charge in [-0.15, -0.1) is 24.8 Å². The van der Waals surface area contributed by atoms with E-state index in [9.17, 15) is 4.79 Å². The van der Waals surface area contributed by atoms with E-state index in [1.54, 1.807) is 0 Å². The molecule has 0 fully saturated rings. The first-order valence-corrected chi connectivity index (χ1v) is 4.46. The molecule has 0 bridgehead atoms. The van der Waals surface area contributed by atoms with Crippen LogP contribution in [0, 0.1) is 0 Å². The van der Waals surface area contributed by atoms with E-state index in [0.29, 0.717) is 6.54 Å². The van der Waals surface area contributed by atoms with Gasteiger partial charge in [0.25, 0.3) is 0 Å². The lowest BCUT2D eigenvalue weighted by atomic mass is 10.1. The minimum absolute atomic E-state index is 0. The molecule has 0 aliphatic rings. The zero-order chi connectivity index (χ0) is 10.6. The van der Waals surface area contributed by atoms with Gasteiger partial charge in [-0.3, -0.25) is 4.79 Å². The predicted molar refractivity (Wildman–Crippen MR) is 71.2 cm³/mol. The van der Waals surface area contributed by atoms with E-state index in [0.717, 1.165) is 11.3 Å². The molecule has 0 aliphatic carbocycles. The average Bonchev–Trinajstić information content (AvgIpc) is 2.17. The van der Waals surface area contributed by atoms with Gasteiger partial charge in [0.1, 0.15) is 0 Å². The summed E-state index contributed by atoms with van der Waals surface area (Å²) in [5.74, 6) is -0.0825. The molecule has 16 heavy (non-hydrogen) atoms. The van der Waals surface area contributed by atoms with Crippen molar-refractivity contribution < 1.29 is 4.79 Å². The van der Waals surface area contributed by atoms with E-state index in [1.807, 2.05) is 24.3 Å². The van der Waals surface area contributed by atoms with Crippen LogP contribution in [-0.4, -0.2) is 12.5 Å². The van der Waals surface area contributed by atoms with Crippen LogP contribution in [0.2, 0.25) is 0 Å². The minimum Gasteiger partial charge on any atom is -0.329 e. The van der Waals surface area contributed by atoms with Gasteiger partial charge in [0.05, 0.1) is 0 Å². The van der Waals surface area contributed by atoms with Gasteiger partial charge in [0, 0.05) is 25.2 Å². The molecule has 0 aliphatic heterocycles. The molecule has 1 aromatic carbocycles. The van der Waals surface area contributed by atoms with Crippen molar-refractivity contribution in [3.05, 3.63) is 29.8 Å². The van der Waals surface area contributed by atoms with E-state index < -0.39 is 0 Å². The maximum Gasteiger partial charge on any atom is 0.221 e. The third-order valence-corrected chi connectivity index (χ3v) is 1.91. The van der Waals surface area contributed by atoms with Crippen LogP contribution in [0.15, 0.2) is 24.3 Å². The van der Waals surface area contributed by atoms with E-state index in [1.165, 1.54) is 6.92 Å². The molecule has 92 valence electrons. The van der Waals surface area contributed by atoms with Crippen molar-refractivity contribution in [2.24, 2.45) is 11.5 Å². The molecule has 0 spiro atoms. The molecule has 1 amide bonds. The van der Waals surface area contributed by atoms with Crippen molar-refractivity contribution in [1.29, 1.82) is 0 Å².